The van der Waals surface area contributed by atoms with Gasteiger partial charge in [-0.3, -0.25) is 9.36 Å². The van der Waals surface area contributed by atoms with Crippen LogP contribution < -0.4 is 24.4 Å². The normalized spacial score (nSPS) is 14.8. The lowest BCUT2D eigenvalue weighted by Gasteiger charge is -2.25. The Kier molecular flexibility index (Phi) is 9.08. The molecule has 7 nitrogen and oxygen atoms in total. The molecule has 1 aliphatic rings. The van der Waals surface area contributed by atoms with Crippen LogP contribution >= 0.6 is 46.1 Å². The van der Waals surface area contributed by atoms with Gasteiger partial charge in [-0.15, -0.1) is 0 Å². The van der Waals surface area contributed by atoms with Crippen LogP contribution in [0.5, 0.6) is 11.5 Å². The van der Waals surface area contributed by atoms with E-state index in [4.69, 9.17) is 49.0 Å². The highest BCUT2D eigenvalue weighted by molar-refractivity contribution is 7.07. The van der Waals surface area contributed by atoms with Gasteiger partial charge in [0.25, 0.3) is 5.56 Å². The zero-order valence-electron chi connectivity index (χ0n) is 22.8. The van der Waals surface area contributed by atoms with Gasteiger partial charge in [0.15, 0.2) is 16.3 Å². The van der Waals surface area contributed by atoms with Gasteiger partial charge >= 0.3 is 5.97 Å². The number of hydrogen-bond acceptors (Lipinski definition) is 7. The first-order valence-corrected chi connectivity index (χ1v) is 14.9. The Morgan fingerprint density at radius 1 is 1.07 bits per heavy atom. The molecule has 0 aliphatic carbocycles. The molecule has 0 saturated heterocycles. The molecule has 1 aromatic heterocycles. The summed E-state index contributed by atoms with van der Waals surface area (Å²) in [5, 5.41) is 1.33. The number of benzene rings is 3. The van der Waals surface area contributed by atoms with Gasteiger partial charge in [-0.2, -0.15) is 0 Å². The van der Waals surface area contributed by atoms with E-state index in [0.717, 1.165) is 5.56 Å². The third kappa shape index (κ3) is 5.99. The molecule has 0 radical (unpaired) electrons. The number of thiazole rings is 1. The maximum Gasteiger partial charge on any atom is 0.338 e. The van der Waals surface area contributed by atoms with Crippen LogP contribution in [0, 0.1) is 0 Å². The van der Waals surface area contributed by atoms with E-state index in [9.17, 15) is 9.59 Å². The van der Waals surface area contributed by atoms with Crippen molar-refractivity contribution < 1.29 is 19.0 Å². The third-order valence-corrected chi connectivity index (χ3v) is 8.38. The fourth-order valence-electron chi connectivity index (χ4n) is 4.68. The zero-order valence-corrected chi connectivity index (χ0v) is 25.9. The van der Waals surface area contributed by atoms with Crippen LogP contribution in [0.1, 0.15) is 36.6 Å². The summed E-state index contributed by atoms with van der Waals surface area (Å²) in [4.78, 5) is 32.0. The summed E-state index contributed by atoms with van der Waals surface area (Å²) in [5.74, 6) is 0.215. The summed E-state index contributed by atoms with van der Waals surface area (Å²) in [6.45, 7) is 3.86. The van der Waals surface area contributed by atoms with Crippen molar-refractivity contribution in [1.82, 2.24) is 4.57 Å². The van der Waals surface area contributed by atoms with Crippen molar-refractivity contribution in [3.05, 3.63) is 123 Å². The van der Waals surface area contributed by atoms with E-state index in [1.807, 2.05) is 12.1 Å². The number of fused-ring (bicyclic) bond motifs is 1. The summed E-state index contributed by atoms with van der Waals surface area (Å²) in [5.41, 5.74) is 2.46. The summed E-state index contributed by atoms with van der Waals surface area (Å²) in [6, 6.07) is 17.0. The summed E-state index contributed by atoms with van der Waals surface area (Å²) < 4.78 is 18.7. The van der Waals surface area contributed by atoms with E-state index >= 15 is 0 Å². The first-order valence-electron chi connectivity index (χ1n) is 12.9. The molecule has 11 heteroatoms. The number of methoxy groups -OCH3 is 1. The number of aromatic nitrogens is 1. The molecule has 3 aromatic carbocycles. The fourth-order valence-corrected chi connectivity index (χ4v) is 6.45. The Morgan fingerprint density at radius 2 is 1.86 bits per heavy atom. The number of esters is 1. The van der Waals surface area contributed by atoms with E-state index in [-0.39, 0.29) is 24.3 Å². The van der Waals surface area contributed by atoms with Crippen molar-refractivity contribution >= 4 is 58.2 Å². The Morgan fingerprint density at radius 3 is 2.57 bits per heavy atom. The summed E-state index contributed by atoms with van der Waals surface area (Å²) in [7, 11) is 1.51. The molecule has 0 unspecified atom stereocenters. The van der Waals surface area contributed by atoms with Crippen LogP contribution in [0.25, 0.3) is 6.08 Å². The molecule has 0 spiro atoms. The lowest BCUT2D eigenvalue weighted by Crippen LogP contribution is -2.40. The van der Waals surface area contributed by atoms with Crippen molar-refractivity contribution in [2.75, 3.05) is 13.7 Å². The first kappa shape index (κ1) is 29.9. The molecule has 2 heterocycles. The van der Waals surface area contributed by atoms with Crippen LogP contribution in [0.4, 0.5) is 0 Å². The smallest absolute Gasteiger partial charge is 0.338 e. The minimum atomic E-state index is -0.809. The number of carbonyl (C=O) groups excluding carboxylic acids is 1. The van der Waals surface area contributed by atoms with Crippen LogP contribution in [-0.2, 0) is 16.1 Å². The average molecular weight is 644 g/mol. The van der Waals surface area contributed by atoms with Crippen molar-refractivity contribution in [1.29, 1.82) is 0 Å². The molecular formula is C31H25Cl3N2O5S. The van der Waals surface area contributed by atoms with Gasteiger partial charge in [-0.1, -0.05) is 76.5 Å². The largest absolute Gasteiger partial charge is 0.493 e. The van der Waals surface area contributed by atoms with Crippen LogP contribution in [0.3, 0.4) is 0 Å². The molecule has 1 atom stereocenters. The second-order valence-corrected chi connectivity index (χ2v) is 11.5. The van der Waals surface area contributed by atoms with Gasteiger partial charge in [0, 0.05) is 10.0 Å². The van der Waals surface area contributed by atoms with E-state index in [1.54, 1.807) is 68.5 Å². The van der Waals surface area contributed by atoms with E-state index in [0.29, 0.717) is 52.7 Å². The molecule has 0 saturated carbocycles. The topological polar surface area (TPSA) is 79.1 Å². The molecule has 4 aromatic rings. The van der Waals surface area contributed by atoms with Gasteiger partial charge in [0.2, 0.25) is 0 Å². The number of ether oxygens (including phenoxy) is 3. The summed E-state index contributed by atoms with van der Waals surface area (Å²) in [6.07, 6.45) is 1.70. The quantitative estimate of drug-likeness (QED) is 0.209. The number of rotatable bonds is 8. The molecule has 42 heavy (non-hydrogen) atoms. The number of hydrogen-bond donors (Lipinski definition) is 0. The molecule has 0 fully saturated rings. The number of carbonyl (C=O) groups is 1. The molecule has 0 bridgehead atoms. The molecule has 1 aliphatic heterocycles. The predicted molar refractivity (Wildman–Crippen MR) is 166 cm³/mol. The van der Waals surface area contributed by atoms with Gasteiger partial charge in [0.05, 0.1) is 34.5 Å². The summed E-state index contributed by atoms with van der Waals surface area (Å²) >= 11 is 20.5. The Bertz CT molecular complexity index is 1900. The molecular weight excluding hydrogens is 619 g/mol. The second kappa shape index (κ2) is 12.8. The Labute approximate surface area is 260 Å². The highest BCUT2D eigenvalue weighted by atomic mass is 35.5. The minimum absolute atomic E-state index is 0.177. The van der Waals surface area contributed by atoms with E-state index in [2.05, 4.69) is 4.99 Å². The average Bonchev–Trinajstić information content (AvgIpc) is 3.25. The van der Waals surface area contributed by atoms with Gasteiger partial charge in [0.1, 0.15) is 12.6 Å². The zero-order chi connectivity index (χ0) is 30.0. The third-order valence-electron chi connectivity index (χ3n) is 6.54. The van der Waals surface area contributed by atoms with Gasteiger partial charge in [-0.05, 0) is 66.9 Å². The standard InChI is InChI=1S/C31H25Cl3N2O5S/c1-4-40-30(38)26-17(2)35-31-36(27(26)21-10-5-6-11-22(21)33)29(37)25(42-31)15-19-13-23(34)28(24(14-19)39-3)41-16-18-8-7-9-20(32)12-18/h5-15,27H,4,16H2,1-3H3/b25-15-/t27-/m0/s1. The SMILES string of the molecule is CCOC(=O)C1=C(C)N=c2s/c(=C\c3cc(Cl)c(OCc4cccc(Cl)c4)c(OC)c3)c(=O)n2[C@H]1c1ccccc1Cl. The predicted octanol–water partition coefficient (Wildman–Crippen LogP) is 6.35. The minimum Gasteiger partial charge on any atom is -0.493 e. The van der Waals surface area contributed by atoms with Crippen molar-refractivity contribution in [3.63, 3.8) is 0 Å². The lowest BCUT2D eigenvalue weighted by molar-refractivity contribution is -0.139. The lowest BCUT2D eigenvalue weighted by atomic mass is 9.96. The second-order valence-electron chi connectivity index (χ2n) is 9.28. The maximum absolute atomic E-state index is 13.9. The fraction of sp³-hybridized carbons (Fsp3) is 0.194. The molecule has 0 amide bonds. The van der Waals surface area contributed by atoms with Crippen molar-refractivity contribution in [2.45, 2.75) is 26.5 Å². The molecule has 5 rings (SSSR count). The van der Waals surface area contributed by atoms with Crippen molar-refractivity contribution in [2.24, 2.45) is 4.99 Å². The Hall–Kier alpha value is -3.56. The Balaban J connectivity index is 1.58. The number of allylic oxidation sites excluding steroid dienone is 1. The first-order chi connectivity index (χ1) is 20.2. The number of nitrogens with zero attached hydrogens (tertiary/aromatic N) is 2. The van der Waals surface area contributed by atoms with Crippen LogP contribution in [-0.4, -0.2) is 24.3 Å². The molecule has 216 valence electrons. The van der Waals surface area contributed by atoms with Crippen LogP contribution in [0.2, 0.25) is 15.1 Å². The van der Waals surface area contributed by atoms with E-state index in [1.165, 1.54) is 23.0 Å². The van der Waals surface area contributed by atoms with E-state index < -0.39 is 12.0 Å². The monoisotopic (exact) mass is 642 g/mol. The van der Waals surface area contributed by atoms with Gasteiger partial charge in [-0.25, -0.2) is 9.79 Å². The van der Waals surface area contributed by atoms with Crippen molar-refractivity contribution in [3.8, 4) is 11.5 Å². The maximum atomic E-state index is 13.9. The van der Waals surface area contributed by atoms with Crippen LogP contribution in [0.15, 0.2) is 81.7 Å². The number of halogens is 3. The highest BCUT2D eigenvalue weighted by Gasteiger charge is 2.34. The van der Waals surface area contributed by atoms with Gasteiger partial charge < -0.3 is 14.2 Å². The molecule has 0 N–H and O–H groups in total. The highest BCUT2D eigenvalue weighted by Crippen LogP contribution is 2.38.